The summed E-state index contributed by atoms with van der Waals surface area (Å²) in [5.41, 5.74) is -0.293. The summed E-state index contributed by atoms with van der Waals surface area (Å²) in [5, 5.41) is 9.79. The summed E-state index contributed by atoms with van der Waals surface area (Å²) >= 11 is 0. The molecule has 1 N–H and O–H groups in total. The highest BCUT2D eigenvalue weighted by Gasteiger charge is 2.36. The van der Waals surface area contributed by atoms with Gasteiger partial charge in [-0.15, -0.1) is 0 Å². The summed E-state index contributed by atoms with van der Waals surface area (Å²) in [6, 6.07) is 4.56. The fraction of sp³-hybridized carbons (Fsp3) is 0.533. The van der Waals surface area contributed by atoms with E-state index >= 15 is 0 Å². The number of aliphatic hydroxyl groups excluding tert-OH is 1. The van der Waals surface area contributed by atoms with Crippen molar-refractivity contribution in [3.8, 4) is 0 Å². The van der Waals surface area contributed by atoms with Crippen LogP contribution < -0.4 is 0 Å². The van der Waals surface area contributed by atoms with Crippen LogP contribution in [0, 0.1) is 0 Å². The Morgan fingerprint density at radius 1 is 1.45 bits per heavy atom. The molecule has 1 heterocycles. The van der Waals surface area contributed by atoms with Gasteiger partial charge in [-0.05, 0) is 31.0 Å². The van der Waals surface area contributed by atoms with Gasteiger partial charge in [0.05, 0.1) is 24.8 Å². The number of rotatable bonds is 4. The third-order valence-corrected chi connectivity index (χ3v) is 3.62. The maximum atomic E-state index is 12.8. The molecule has 0 radical (unpaired) electrons. The van der Waals surface area contributed by atoms with Gasteiger partial charge in [-0.3, -0.25) is 9.69 Å². The molecule has 122 valence electrons. The topological polar surface area (TPSA) is 49.8 Å². The molecule has 1 aromatic carbocycles. The van der Waals surface area contributed by atoms with Crippen molar-refractivity contribution < 1.29 is 27.8 Å². The number of hydrogen-bond donors (Lipinski definition) is 1. The summed E-state index contributed by atoms with van der Waals surface area (Å²) in [4.78, 5) is 13.2. The minimum Gasteiger partial charge on any atom is -0.465 e. The first kappa shape index (κ1) is 16.8. The average molecular weight is 317 g/mol. The summed E-state index contributed by atoms with van der Waals surface area (Å²) in [5.74, 6) is -0.450. The lowest BCUT2D eigenvalue weighted by Crippen LogP contribution is -2.31. The number of β-amino-alcohol motifs (C(OH)–C–C–N with tert-alkyl or cyclic N) is 1. The maximum absolute atomic E-state index is 12.8. The van der Waals surface area contributed by atoms with Crippen molar-refractivity contribution in [2.75, 3.05) is 19.7 Å². The Labute approximate surface area is 126 Å². The van der Waals surface area contributed by atoms with Crippen molar-refractivity contribution in [3.63, 3.8) is 0 Å². The number of likely N-dealkylation sites (tertiary alicyclic amines) is 1. The maximum Gasteiger partial charge on any atom is 0.416 e. The highest BCUT2D eigenvalue weighted by molar-refractivity contribution is 5.71. The number of benzene rings is 1. The second kappa shape index (κ2) is 6.66. The zero-order chi connectivity index (χ0) is 16.3. The van der Waals surface area contributed by atoms with E-state index in [0.29, 0.717) is 12.0 Å². The number of ether oxygens (including phenoxy) is 1. The van der Waals surface area contributed by atoms with Gasteiger partial charge >= 0.3 is 12.1 Å². The predicted molar refractivity (Wildman–Crippen MR) is 73.0 cm³/mol. The van der Waals surface area contributed by atoms with Crippen LogP contribution in [-0.4, -0.2) is 41.8 Å². The standard InChI is InChI=1S/C15H18F3NO3/c1-2-22-14(21)9-19-8-12(20)7-13(19)10-4-3-5-11(6-10)15(16,17)18/h3-6,12-13,20H,2,7-9H2,1H3. The predicted octanol–water partition coefficient (Wildman–Crippen LogP) is 2.38. The van der Waals surface area contributed by atoms with Crippen LogP contribution in [0.3, 0.4) is 0 Å². The van der Waals surface area contributed by atoms with Gasteiger partial charge in [0, 0.05) is 12.6 Å². The molecular formula is C15H18F3NO3. The molecule has 2 unspecified atom stereocenters. The highest BCUT2D eigenvalue weighted by atomic mass is 19.4. The van der Waals surface area contributed by atoms with Crippen LogP contribution in [-0.2, 0) is 15.7 Å². The van der Waals surface area contributed by atoms with E-state index in [-0.39, 0.29) is 19.7 Å². The molecule has 1 aliphatic heterocycles. The van der Waals surface area contributed by atoms with Crippen LogP contribution >= 0.6 is 0 Å². The molecule has 1 aromatic rings. The van der Waals surface area contributed by atoms with E-state index in [1.807, 2.05) is 0 Å². The first-order chi connectivity index (χ1) is 10.3. The van der Waals surface area contributed by atoms with E-state index in [1.165, 1.54) is 6.07 Å². The Bertz CT molecular complexity index is 533. The number of halogens is 3. The van der Waals surface area contributed by atoms with Crippen molar-refractivity contribution in [3.05, 3.63) is 35.4 Å². The van der Waals surface area contributed by atoms with Crippen molar-refractivity contribution >= 4 is 5.97 Å². The molecule has 2 rings (SSSR count). The molecule has 0 amide bonds. The number of hydrogen-bond acceptors (Lipinski definition) is 4. The lowest BCUT2D eigenvalue weighted by Gasteiger charge is -2.24. The normalized spacial score (nSPS) is 22.8. The second-order valence-electron chi connectivity index (χ2n) is 5.26. The number of aliphatic hydroxyl groups is 1. The SMILES string of the molecule is CCOC(=O)CN1CC(O)CC1c1cccc(C(F)(F)F)c1. The fourth-order valence-corrected chi connectivity index (χ4v) is 2.70. The van der Waals surface area contributed by atoms with E-state index in [4.69, 9.17) is 4.74 Å². The molecule has 0 aliphatic carbocycles. The Morgan fingerprint density at radius 3 is 2.82 bits per heavy atom. The number of nitrogens with zero attached hydrogens (tertiary/aromatic N) is 1. The number of esters is 1. The van der Waals surface area contributed by atoms with Gasteiger partial charge in [0.2, 0.25) is 0 Å². The molecule has 1 saturated heterocycles. The van der Waals surface area contributed by atoms with Crippen molar-refractivity contribution in [1.29, 1.82) is 0 Å². The fourth-order valence-electron chi connectivity index (χ4n) is 2.70. The number of alkyl halides is 3. The Hall–Kier alpha value is -1.60. The number of carbonyl (C=O) groups excluding carboxylic acids is 1. The van der Waals surface area contributed by atoms with E-state index in [2.05, 4.69) is 0 Å². The highest BCUT2D eigenvalue weighted by Crippen LogP contribution is 2.35. The monoisotopic (exact) mass is 317 g/mol. The Morgan fingerprint density at radius 2 is 2.18 bits per heavy atom. The van der Waals surface area contributed by atoms with Gasteiger partial charge in [-0.2, -0.15) is 13.2 Å². The molecule has 1 aliphatic rings. The van der Waals surface area contributed by atoms with E-state index in [0.717, 1.165) is 12.1 Å². The summed E-state index contributed by atoms with van der Waals surface area (Å²) in [6.07, 6.45) is -4.80. The average Bonchev–Trinajstić information content (AvgIpc) is 2.79. The summed E-state index contributed by atoms with van der Waals surface area (Å²) in [6.45, 7) is 2.11. The zero-order valence-electron chi connectivity index (χ0n) is 12.1. The molecule has 0 saturated carbocycles. The van der Waals surface area contributed by atoms with Crippen LogP contribution in [0.25, 0.3) is 0 Å². The van der Waals surface area contributed by atoms with Gasteiger partial charge < -0.3 is 9.84 Å². The van der Waals surface area contributed by atoms with Crippen LogP contribution in [0.1, 0.15) is 30.5 Å². The van der Waals surface area contributed by atoms with Crippen molar-refractivity contribution in [2.45, 2.75) is 31.7 Å². The molecule has 0 bridgehead atoms. The first-order valence-corrected chi connectivity index (χ1v) is 7.06. The van der Waals surface area contributed by atoms with Gasteiger partial charge in [-0.25, -0.2) is 0 Å². The van der Waals surface area contributed by atoms with Gasteiger partial charge in [0.15, 0.2) is 0 Å². The van der Waals surface area contributed by atoms with Crippen LogP contribution in [0.2, 0.25) is 0 Å². The molecule has 0 aromatic heterocycles. The van der Waals surface area contributed by atoms with Crippen LogP contribution in [0.4, 0.5) is 13.2 Å². The van der Waals surface area contributed by atoms with E-state index < -0.39 is 29.9 Å². The molecule has 22 heavy (non-hydrogen) atoms. The van der Waals surface area contributed by atoms with E-state index in [1.54, 1.807) is 17.9 Å². The Kier molecular flexibility index (Phi) is 5.08. The van der Waals surface area contributed by atoms with Gasteiger partial charge in [0.25, 0.3) is 0 Å². The second-order valence-corrected chi connectivity index (χ2v) is 5.26. The van der Waals surface area contributed by atoms with Gasteiger partial charge in [0.1, 0.15) is 0 Å². The Balaban J connectivity index is 2.20. The van der Waals surface area contributed by atoms with Crippen LogP contribution in [0.15, 0.2) is 24.3 Å². The van der Waals surface area contributed by atoms with Crippen molar-refractivity contribution in [1.82, 2.24) is 4.90 Å². The number of carbonyl (C=O) groups is 1. The summed E-state index contributed by atoms with van der Waals surface area (Å²) < 4.78 is 43.3. The lowest BCUT2D eigenvalue weighted by molar-refractivity contribution is -0.144. The lowest BCUT2D eigenvalue weighted by atomic mass is 10.0. The quantitative estimate of drug-likeness (QED) is 0.866. The third-order valence-electron chi connectivity index (χ3n) is 3.62. The third kappa shape index (κ3) is 3.98. The molecule has 2 atom stereocenters. The molecule has 1 fully saturated rings. The van der Waals surface area contributed by atoms with Crippen LogP contribution in [0.5, 0.6) is 0 Å². The molecule has 7 heteroatoms. The molecule has 4 nitrogen and oxygen atoms in total. The largest absolute Gasteiger partial charge is 0.465 e. The minimum absolute atomic E-state index is 0.0498. The smallest absolute Gasteiger partial charge is 0.416 e. The molecule has 0 spiro atoms. The zero-order valence-corrected chi connectivity index (χ0v) is 12.1. The first-order valence-electron chi connectivity index (χ1n) is 7.06. The van der Waals surface area contributed by atoms with E-state index in [9.17, 15) is 23.1 Å². The van der Waals surface area contributed by atoms with Gasteiger partial charge in [-0.1, -0.05) is 12.1 Å². The van der Waals surface area contributed by atoms with Crippen molar-refractivity contribution in [2.24, 2.45) is 0 Å². The minimum atomic E-state index is -4.42. The summed E-state index contributed by atoms with van der Waals surface area (Å²) in [7, 11) is 0. The molecular weight excluding hydrogens is 299 g/mol.